The molecule has 2 aromatic heterocycles. The number of aromatic amines is 1. The Labute approximate surface area is 162 Å². The van der Waals surface area contributed by atoms with Crippen molar-refractivity contribution in [2.75, 3.05) is 11.9 Å². The highest BCUT2D eigenvalue weighted by molar-refractivity contribution is 5.72. The summed E-state index contributed by atoms with van der Waals surface area (Å²) in [6, 6.07) is 10.6. The van der Waals surface area contributed by atoms with Crippen LogP contribution in [0.2, 0.25) is 0 Å². The maximum atomic E-state index is 10.4. The zero-order chi connectivity index (χ0) is 18.9. The van der Waals surface area contributed by atoms with E-state index >= 15 is 0 Å². The predicted molar refractivity (Wildman–Crippen MR) is 106 cm³/mol. The van der Waals surface area contributed by atoms with Crippen LogP contribution < -0.4 is 10.6 Å². The van der Waals surface area contributed by atoms with E-state index in [1.54, 1.807) is 12.3 Å². The number of benzene rings is 1. The molecule has 28 heavy (non-hydrogen) atoms. The van der Waals surface area contributed by atoms with E-state index in [2.05, 4.69) is 36.2 Å². The number of fused-ring (bicyclic) bond motifs is 2. The molecular weight excluding hydrogens is 354 g/mol. The van der Waals surface area contributed by atoms with Gasteiger partial charge in [0.25, 0.3) is 0 Å². The highest BCUT2D eigenvalue weighted by Crippen LogP contribution is 2.32. The second-order valence-electron chi connectivity index (χ2n) is 7.75. The first-order valence-electron chi connectivity index (χ1n) is 9.78. The molecule has 3 aromatic rings. The van der Waals surface area contributed by atoms with Gasteiger partial charge in [-0.3, -0.25) is 0 Å². The second-order valence-corrected chi connectivity index (χ2v) is 7.75. The Balaban J connectivity index is 1.25. The van der Waals surface area contributed by atoms with Crippen molar-refractivity contribution in [3.05, 3.63) is 36.5 Å². The SMILES string of the molecule is Oc1cc(-c2cn[nH]n2)ccc1-c1ccc(NCC2CC3CCC(C2)N3)nn1. The topological polar surface area (TPSA) is 112 Å². The highest BCUT2D eigenvalue weighted by Gasteiger charge is 2.33. The summed E-state index contributed by atoms with van der Waals surface area (Å²) in [5.74, 6) is 1.60. The highest BCUT2D eigenvalue weighted by atomic mass is 16.3. The van der Waals surface area contributed by atoms with Crippen molar-refractivity contribution in [1.82, 2.24) is 30.9 Å². The standard InChI is InChI=1S/C20H23N7O/c28-19-9-13(18-11-22-27-25-18)1-4-16(19)17-5-6-20(26-24-17)21-10-12-7-14-2-3-15(8-12)23-14/h1,4-6,9,11-12,14-15,23,28H,2-3,7-8,10H2,(H,21,26)(H,22,25,27). The van der Waals surface area contributed by atoms with Gasteiger partial charge in [0.15, 0.2) is 0 Å². The van der Waals surface area contributed by atoms with Crippen LogP contribution in [0.25, 0.3) is 22.5 Å². The molecule has 2 unspecified atom stereocenters. The third-order valence-corrected chi connectivity index (χ3v) is 5.79. The van der Waals surface area contributed by atoms with Crippen LogP contribution in [0.5, 0.6) is 5.75 Å². The monoisotopic (exact) mass is 377 g/mol. The van der Waals surface area contributed by atoms with E-state index < -0.39 is 0 Å². The molecule has 4 heterocycles. The minimum Gasteiger partial charge on any atom is -0.507 e. The summed E-state index contributed by atoms with van der Waals surface area (Å²) in [6.07, 6.45) is 6.72. The fraction of sp³-hybridized carbons (Fsp3) is 0.400. The molecular formula is C20H23N7O. The van der Waals surface area contributed by atoms with E-state index in [1.165, 1.54) is 25.7 Å². The number of rotatable bonds is 5. The second kappa shape index (κ2) is 7.20. The lowest BCUT2D eigenvalue weighted by Gasteiger charge is -2.29. The third-order valence-electron chi connectivity index (χ3n) is 5.79. The molecule has 4 N–H and O–H groups in total. The Morgan fingerprint density at radius 2 is 1.89 bits per heavy atom. The molecule has 2 saturated heterocycles. The van der Waals surface area contributed by atoms with E-state index in [9.17, 15) is 5.11 Å². The summed E-state index contributed by atoms with van der Waals surface area (Å²) in [6.45, 7) is 0.931. The fourth-order valence-electron chi connectivity index (χ4n) is 4.41. The molecule has 0 spiro atoms. The maximum absolute atomic E-state index is 10.4. The van der Waals surface area contributed by atoms with Gasteiger partial charge in [-0.05, 0) is 55.9 Å². The van der Waals surface area contributed by atoms with Crippen molar-refractivity contribution in [2.24, 2.45) is 5.92 Å². The molecule has 8 nitrogen and oxygen atoms in total. The van der Waals surface area contributed by atoms with Gasteiger partial charge in [-0.1, -0.05) is 6.07 Å². The van der Waals surface area contributed by atoms with Gasteiger partial charge in [-0.2, -0.15) is 15.4 Å². The largest absolute Gasteiger partial charge is 0.507 e. The summed E-state index contributed by atoms with van der Waals surface area (Å²) in [5, 5.41) is 36.5. The Morgan fingerprint density at radius 3 is 2.57 bits per heavy atom. The average Bonchev–Trinajstić information content (AvgIpc) is 3.37. The summed E-state index contributed by atoms with van der Waals surface area (Å²) in [7, 11) is 0. The van der Waals surface area contributed by atoms with Gasteiger partial charge in [0.1, 0.15) is 17.3 Å². The molecule has 2 aliphatic rings. The Morgan fingerprint density at radius 1 is 1.04 bits per heavy atom. The number of aromatic hydroxyl groups is 1. The van der Waals surface area contributed by atoms with Gasteiger partial charge in [0.05, 0.1) is 11.9 Å². The Bertz CT molecular complexity index is 930. The van der Waals surface area contributed by atoms with E-state index in [-0.39, 0.29) is 5.75 Å². The molecule has 2 fully saturated rings. The number of anilines is 1. The zero-order valence-electron chi connectivity index (χ0n) is 15.5. The molecule has 0 saturated carbocycles. The molecule has 1 aromatic carbocycles. The lowest BCUT2D eigenvalue weighted by molar-refractivity contribution is 0.311. The van der Waals surface area contributed by atoms with Crippen LogP contribution in [0.1, 0.15) is 25.7 Å². The Kier molecular flexibility index (Phi) is 4.40. The molecule has 0 radical (unpaired) electrons. The predicted octanol–water partition coefficient (Wildman–Crippen LogP) is 2.58. The number of H-pyrrole nitrogens is 1. The van der Waals surface area contributed by atoms with Gasteiger partial charge in [0.2, 0.25) is 0 Å². The van der Waals surface area contributed by atoms with Gasteiger partial charge in [0, 0.05) is 29.8 Å². The molecule has 8 heteroatoms. The van der Waals surface area contributed by atoms with Gasteiger partial charge in [-0.15, -0.1) is 10.2 Å². The molecule has 2 aliphatic heterocycles. The molecule has 5 rings (SSSR count). The Hall–Kier alpha value is -3.00. The molecule has 0 amide bonds. The van der Waals surface area contributed by atoms with Gasteiger partial charge >= 0.3 is 0 Å². The smallest absolute Gasteiger partial charge is 0.148 e. The first kappa shape index (κ1) is 17.1. The zero-order valence-corrected chi connectivity index (χ0v) is 15.5. The number of nitrogens with one attached hydrogen (secondary N) is 3. The third kappa shape index (κ3) is 3.43. The number of aromatic nitrogens is 5. The minimum atomic E-state index is 0.140. The lowest BCUT2D eigenvalue weighted by Crippen LogP contribution is -2.40. The van der Waals surface area contributed by atoms with Crippen LogP contribution in [0.3, 0.4) is 0 Å². The van der Waals surface area contributed by atoms with Crippen molar-refractivity contribution in [3.8, 4) is 28.3 Å². The van der Waals surface area contributed by atoms with Crippen LogP contribution in [0, 0.1) is 5.92 Å². The van der Waals surface area contributed by atoms with Gasteiger partial charge in [-0.25, -0.2) is 0 Å². The number of phenolic OH excluding ortho intramolecular Hbond substituents is 1. The van der Waals surface area contributed by atoms with E-state index in [0.717, 1.165) is 17.9 Å². The molecule has 144 valence electrons. The maximum Gasteiger partial charge on any atom is 0.148 e. The van der Waals surface area contributed by atoms with Crippen LogP contribution in [-0.2, 0) is 0 Å². The van der Waals surface area contributed by atoms with Crippen molar-refractivity contribution in [3.63, 3.8) is 0 Å². The van der Waals surface area contributed by atoms with Crippen molar-refractivity contribution >= 4 is 5.82 Å². The average molecular weight is 377 g/mol. The normalized spacial score (nSPS) is 23.6. The first-order chi connectivity index (χ1) is 13.7. The van der Waals surface area contributed by atoms with Gasteiger partial charge < -0.3 is 15.7 Å². The van der Waals surface area contributed by atoms with E-state index in [0.29, 0.717) is 35.0 Å². The van der Waals surface area contributed by atoms with E-state index in [4.69, 9.17) is 0 Å². The van der Waals surface area contributed by atoms with E-state index in [1.807, 2.05) is 24.3 Å². The number of piperidine rings is 1. The first-order valence-corrected chi connectivity index (χ1v) is 9.78. The molecule has 2 atom stereocenters. The van der Waals surface area contributed by atoms with Crippen LogP contribution in [0.15, 0.2) is 36.5 Å². The number of phenols is 1. The van der Waals surface area contributed by atoms with Crippen molar-refractivity contribution < 1.29 is 5.11 Å². The van der Waals surface area contributed by atoms with Crippen molar-refractivity contribution in [1.29, 1.82) is 0 Å². The lowest BCUT2D eigenvalue weighted by atomic mass is 9.92. The molecule has 0 aliphatic carbocycles. The minimum absolute atomic E-state index is 0.140. The van der Waals surface area contributed by atoms with Crippen molar-refractivity contribution in [2.45, 2.75) is 37.8 Å². The van der Waals surface area contributed by atoms with Crippen LogP contribution >= 0.6 is 0 Å². The summed E-state index contributed by atoms with van der Waals surface area (Å²) >= 11 is 0. The number of nitrogens with zero attached hydrogens (tertiary/aromatic N) is 4. The summed E-state index contributed by atoms with van der Waals surface area (Å²) in [5.41, 5.74) is 2.74. The number of hydrogen-bond donors (Lipinski definition) is 4. The van der Waals surface area contributed by atoms with Crippen LogP contribution in [-0.4, -0.2) is 49.3 Å². The van der Waals surface area contributed by atoms with Crippen LogP contribution in [0.4, 0.5) is 5.82 Å². The number of hydrogen-bond acceptors (Lipinski definition) is 7. The molecule has 2 bridgehead atoms. The summed E-state index contributed by atoms with van der Waals surface area (Å²) < 4.78 is 0. The summed E-state index contributed by atoms with van der Waals surface area (Å²) in [4.78, 5) is 0. The fourth-order valence-corrected chi connectivity index (χ4v) is 4.41. The quantitative estimate of drug-likeness (QED) is 0.541.